The maximum absolute atomic E-state index is 13.6. The third kappa shape index (κ3) is 2.60. The fourth-order valence-electron chi connectivity index (χ4n) is 2.89. The average Bonchev–Trinajstić information content (AvgIpc) is 2.83. The third-order valence-electron chi connectivity index (χ3n) is 4.10. The van der Waals surface area contributed by atoms with E-state index < -0.39 is 0 Å². The number of rotatable bonds is 2. The maximum Gasteiger partial charge on any atom is 0.123 e. The Morgan fingerprint density at radius 2 is 2.19 bits per heavy atom. The van der Waals surface area contributed by atoms with Gasteiger partial charge in [-0.1, -0.05) is 6.92 Å². The van der Waals surface area contributed by atoms with E-state index in [0.717, 1.165) is 29.9 Å². The van der Waals surface area contributed by atoms with Gasteiger partial charge in [-0.2, -0.15) is 0 Å². The molecule has 0 amide bonds. The summed E-state index contributed by atoms with van der Waals surface area (Å²) >= 11 is 1.77. The molecule has 0 saturated heterocycles. The van der Waals surface area contributed by atoms with Crippen molar-refractivity contribution in [3.05, 3.63) is 51.5 Å². The molecular formula is C17H19FN2S. The minimum Gasteiger partial charge on any atom is -0.355 e. The minimum absolute atomic E-state index is 0.187. The number of hydrogen-bond acceptors (Lipinski definition) is 3. The van der Waals surface area contributed by atoms with Crippen molar-refractivity contribution in [1.29, 1.82) is 0 Å². The highest BCUT2D eigenvalue weighted by atomic mass is 32.1. The zero-order chi connectivity index (χ0) is 15.0. The van der Waals surface area contributed by atoms with Crippen LogP contribution in [0.2, 0.25) is 0 Å². The van der Waals surface area contributed by atoms with E-state index in [1.165, 1.54) is 16.5 Å². The van der Waals surface area contributed by atoms with Gasteiger partial charge in [0.1, 0.15) is 11.7 Å². The lowest BCUT2D eigenvalue weighted by Crippen LogP contribution is -2.30. The fraction of sp³-hybridized carbons (Fsp3) is 0.353. The molecule has 0 fully saturated rings. The Hall–Kier alpha value is -1.68. The first kappa shape index (κ1) is 14.3. The highest BCUT2D eigenvalue weighted by Gasteiger charge is 2.26. The molecule has 0 radical (unpaired) electrons. The van der Waals surface area contributed by atoms with Crippen LogP contribution in [0.25, 0.3) is 0 Å². The number of likely N-dealkylation sites (N-methyl/N-ethyl adjacent to an activating group) is 1. The smallest absolute Gasteiger partial charge is 0.123 e. The Kier molecular flexibility index (Phi) is 3.81. The van der Waals surface area contributed by atoms with Gasteiger partial charge in [-0.15, -0.1) is 11.3 Å². The number of aryl methyl sites for hydroxylation is 1. The quantitative estimate of drug-likeness (QED) is 0.773. The van der Waals surface area contributed by atoms with E-state index >= 15 is 0 Å². The molecular weight excluding hydrogens is 283 g/mol. The molecule has 0 saturated carbocycles. The summed E-state index contributed by atoms with van der Waals surface area (Å²) in [7, 11) is 2.09. The summed E-state index contributed by atoms with van der Waals surface area (Å²) in [4.78, 5) is 8.34. The molecule has 2 aromatic rings. The summed E-state index contributed by atoms with van der Waals surface area (Å²) in [6.45, 7) is 4.25. The number of hydrogen-bond donors (Lipinski definition) is 0. The van der Waals surface area contributed by atoms with E-state index in [1.807, 2.05) is 0 Å². The first-order chi connectivity index (χ1) is 10.1. The number of aliphatic imine (C=N–C) groups is 1. The number of thiophene rings is 1. The molecule has 4 heteroatoms. The number of halogens is 1. The van der Waals surface area contributed by atoms with Crippen LogP contribution in [0.3, 0.4) is 0 Å². The van der Waals surface area contributed by atoms with Crippen LogP contribution in [0.5, 0.6) is 0 Å². The maximum atomic E-state index is 13.6. The van der Waals surface area contributed by atoms with E-state index in [9.17, 15) is 4.39 Å². The first-order valence-electron chi connectivity index (χ1n) is 7.23. The molecule has 2 heterocycles. The Bertz CT molecular complexity index is 690. The monoisotopic (exact) mass is 302 g/mol. The number of fused-ring (bicyclic) bond motifs is 1. The van der Waals surface area contributed by atoms with Gasteiger partial charge in [-0.3, -0.25) is 0 Å². The summed E-state index contributed by atoms with van der Waals surface area (Å²) < 4.78 is 13.6. The van der Waals surface area contributed by atoms with Crippen molar-refractivity contribution in [3.8, 4) is 0 Å². The van der Waals surface area contributed by atoms with Gasteiger partial charge in [0.15, 0.2) is 0 Å². The molecule has 1 aliphatic rings. The highest BCUT2D eigenvalue weighted by molar-refractivity contribution is 7.10. The Morgan fingerprint density at radius 1 is 1.38 bits per heavy atom. The molecule has 110 valence electrons. The minimum atomic E-state index is -0.187. The summed E-state index contributed by atoms with van der Waals surface area (Å²) in [5.74, 6) is 0.867. The number of amidine groups is 1. The summed E-state index contributed by atoms with van der Waals surface area (Å²) in [5, 5.41) is 2.12. The van der Waals surface area contributed by atoms with E-state index in [2.05, 4.69) is 37.2 Å². The van der Waals surface area contributed by atoms with Gasteiger partial charge in [-0.25, -0.2) is 9.38 Å². The zero-order valence-electron chi connectivity index (χ0n) is 12.6. The lowest BCUT2D eigenvalue weighted by Gasteiger charge is -2.29. The predicted octanol–water partition coefficient (Wildman–Crippen LogP) is 4.86. The Balaban J connectivity index is 2.11. The molecule has 1 aliphatic heterocycles. The van der Waals surface area contributed by atoms with Crippen LogP contribution in [-0.2, 0) is 6.42 Å². The van der Waals surface area contributed by atoms with E-state index in [1.54, 1.807) is 23.5 Å². The second-order valence-electron chi connectivity index (χ2n) is 5.45. The first-order valence-corrected chi connectivity index (χ1v) is 8.11. The molecule has 3 rings (SSSR count). The van der Waals surface area contributed by atoms with Gasteiger partial charge in [0, 0.05) is 24.8 Å². The second kappa shape index (κ2) is 5.60. The van der Waals surface area contributed by atoms with Crippen LogP contribution in [0.4, 0.5) is 10.1 Å². The number of nitrogens with zero attached hydrogens (tertiary/aromatic N) is 2. The molecule has 1 aromatic carbocycles. The van der Waals surface area contributed by atoms with Crippen molar-refractivity contribution >= 4 is 22.9 Å². The van der Waals surface area contributed by atoms with Crippen molar-refractivity contribution in [2.45, 2.75) is 32.7 Å². The number of benzene rings is 1. The largest absolute Gasteiger partial charge is 0.355 e. The van der Waals surface area contributed by atoms with Gasteiger partial charge in [0.2, 0.25) is 0 Å². The second-order valence-corrected chi connectivity index (χ2v) is 6.40. The van der Waals surface area contributed by atoms with Gasteiger partial charge in [0.05, 0.1) is 11.7 Å². The lowest BCUT2D eigenvalue weighted by atomic mass is 10.0. The molecule has 21 heavy (non-hydrogen) atoms. The van der Waals surface area contributed by atoms with E-state index in [4.69, 9.17) is 4.99 Å². The third-order valence-corrected chi connectivity index (χ3v) is 5.22. The molecule has 1 aromatic heterocycles. The summed E-state index contributed by atoms with van der Waals surface area (Å²) in [6, 6.07) is 7.28. The highest BCUT2D eigenvalue weighted by Crippen LogP contribution is 2.37. The summed E-state index contributed by atoms with van der Waals surface area (Å²) in [5.41, 5.74) is 3.19. The van der Waals surface area contributed by atoms with Crippen LogP contribution in [0.15, 0.2) is 34.6 Å². The van der Waals surface area contributed by atoms with Crippen LogP contribution in [0.1, 0.15) is 35.4 Å². The standard InChI is InChI=1S/C17H19FN2S/c1-4-16-19-14-6-5-13(18)9-12(14)10-15(20(16)3)17-11(2)7-8-21-17/h5-9,15H,4,10H2,1-3H3. The van der Waals surface area contributed by atoms with Crippen LogP contribution in [0, 0.1) is 12.7 Å². The molecule has 1 unspecified atom stereocenters. The van der Waals surface area contributed by atoms with Gasteiger partial charge in [0.25, 0.3) is 0 Å². The van der Waals surface area contributed by atoms with Gasteiger partial charge in [-0.05, 0) is 47.7 Å². The molecule has 0 aliphatic carbocycles. The fourth-order valence-corrected chi connectivity index (χ4v) is 3.96. The van der Waals surface area contributed by atoms with Crippen molar-refractivity contribution in [2.24, 2.45) is 4.99 Å². The van der Waals surface area contributed by atoms with E-state index in [-0.39, 0.29) is 11.9 Å². The Morgan fingerprint density at radius 3 is 2.86 bits per heavy atom. The van der Waals surface area contributed by atoms with Gasteiger partial charge >= 0.3 is 0 Å². The molecule has 0 bridgehead atoms. The molecule has 1 atom stereocenters. The van der Waals surface area contributed by atoms with Crippen LogP contribution in [-0.4, -0.2) is 17.8 Å². The molecule has 2 nitrogen and oxygen atoms in total. The lowest BCUT2D eigenvalue weighted by molar-refractivity contribution is 0.374. The van der Waals surface area contributed by atoms with E-state index in [0.29, 0.717) is 0 Å². The van der Waals surface area contributed by atoms with Crippen molar-refractivity contribution in [3.63, 3.8) is 0 Å². The normalized spacial score (nSPS) is 18.2. The topological polar surface area (TPSA) is 15.6 Å². The molecule has 0 spiro atoms. The van der Waals surface area contributed by atoms with Crippen LogP contribution >= 0.6 is 11.3 Å². The predicted molar refractivity (Wildman–Crippen MR) is 87.1 cm³/mol. The Labute approximate surface area is 128 Å². The molecule has 0 N–H and O–H groups in total. The van der Waals surface area contributed by atoms with Gasteiger partial charge < -0.3 is 4.90 Å². The summed E-state index contributed by atoms with van der Waals surface area (Å²) in [6.07, 6.45) is 1.66. The zero-order valence-corrected chi connectivity index (χ0v) is 13.4. The van der Waals surface area contributed by atoms with Crippen LogP contribution < -0.4 is 0 Å². The van der Waals surface area contributed by atoms with Crippen molar-refractivity contribution < 1.29 is 4.39 Å². The SMILES string of the molecule is CCC1=Nc2ccc(F)cc2CC(c2sccc2C)N1C. The average molecular weight is 302 g/mol. The van der Waals surface area contributed by atoms with Crippen molar-refractivity contribution in [2.75, 3.05) is 7.05 Å². The van der Waals surface area contributed by atoms with Crippen molar-refractivity contribution in [1.82, 2.24) is 4.90 Å².